The van der Waals surface area contributed by atoms with Gasteiger partial charge in [-0.3, -0.25) is 14.6 Å². The van der Waals surface area contributed by atoms with Gasteiger partial charge in [0.15, 0.2) is 0 Å². The number of hydrogen-bond donors (Lipinski definition) is 1. The lowest BCUT2D eigenvalue weighted by molar-refractivity contribution is -0.118. The molecule has 1 N–H and O–H groups in total. The number of amides is 2. The van der Waals surface area contributed by atoms with Crippen molar-refractivity contribution >= 4 is 23.7 Å². The van der Waals surface area contributed by atoms with Gasteiger partial charge in [-0.1, -0.05) is 12.1 Å². The molecule has 3 rings (SSSR count). The van der Waals surface area contributed by atoms with Gasteiger partial charge in [0.1, 0.15) is 0 Å². The standard InChI is InChI=1S/C19H22N4O2/c1-14-3-4-15(2)18(9-14)21-19(25)16-10-17(12-20-11-16)23-7-5-22(13-24)6-8-23/h3-4,9-13H,5-8H2,1-2H3,(H,21,25). The molecular formula is C19H22N4O2. The van der Waals surface area contributed by atoms with Crippen LogP contribution in [0.3, 0.4) is 0 Å². The van der Waals surface area contributed by atoms with Crippen LogP contribution in [0.25, 0.3) is 0 Å². The monoisotopic (exact) mass is 338 g/mol. The SMILES string of the molecule is Cc1ccc(C)c(NC(=O)c2cncc(N3CCN(C=O)CC3)c2)c1. The van der Waals surface area contributed by atoms with Crippen LogP contribution >= 0.6 is 0 Å². The van der Waals surface area contributed by atoms with Crippen molar-refractivity contribution in [3.05, 3.63) is 53.3 Å². The second-order valence-electron chi connectivity index (χ2n) is 6.33. The number of aryl methyl sites for hydroxylation is 2. The first-order valence-corrected chi connectivity index (χ1v) is 8.35. The highest BCUT2D eigenvalue weighted by molar-refractivity contribution is 6.05. The normalized spacial score (nSPS) is 14.3. The van der Waals surface area contributed by atoms with E-state index in [0.717, 1.165) is 42.0 Å². The van der Waals surface area contributed by atoms with Crippen molar-refractivity contribution in [1.29, 1.82) is 0 Å². The van der Waals surface area contributed by atoms with Crippen LogP contribution in [0.15, 0.2) is 36.7 Å². The Morgan fingerprint density at radius 2 is 1.88 bits per heavy atom. The Morgan fingerprint density at radius 3 is 2.60 bits per heavy atom. The number of benzene rings is 1. The lowest BCUT2D eigenvalue weighted by atomic mass is 10.1. The van der Waals surface area contributed by atoms with Gasteiger partial charge in [-0.25, -0.2) is 0 Å². The zero-order valence-corrected chi connectivity index (χ0v) is 14.5. The molecule has 2 heterocycles. The highest BCUT2D eigenvalue weighted by Crippen LogP contribution is 2.20. The molecule has 1 saturated heterocycles. The maximum Gasteiger partial charge on any atom is 0.257 e. The van der Waals surface area contributed by atoms with Gasteiger partial charge in [0.05, 0.1) is 17.4 Å². The Bertz CT molecular complexity index is 783. The van der Waals surface area contributed by atoms with Crippen molar-refractivity contribution in [3.63, 3.8) is 0 Å². The Balaban J connectivity index is 1.73. The summed E-state index contributed by atoms with van der Waals surface area (Å²) in [7, 11) is 0. The number of aromatic nitrogens is 1. The highest BCUT2D eigenvalue weighted by Gasteiger charge is 2.17. The zero-order chi connectivity index (χ0) is 17.8. The van der Waals surface area contributed by atoms with Crippen molar-refractivity contribution in [2.24, 2.45) is 0 Å². The van der Waals surface area contributed by atoms with Crippen molar-refractivity contribution in [3.8, 4) is 0 Å². The molecule has 0 aliphatic carbocycles. The van der Waals surface area contributed by atoms with E-state index in [1.807, 2.05) is 38.1 Å². The van der Waals surface area contributed by atoms with E-state index in [-0.39, 0.29) is 5.91 Å². The number of carbonyl (C=O) groups is 2. The van der Waals surface area contributed by atoms with Gasteiger partial charge < -0.3 is 15.1 Å². The molecule has 6 heteroatoms. The molecule has 1 aliphatic rings. The fourth-order valence-corrected chi connectivity index (χ4v) is 2.88. The van der Waals surface area contributed by atoms with Gasteiger partial charge in [-0.15, -0.1) is 0 Å². The molecular weight excluding hydrogens is 316 g/mol. The molecule has 1 aromatic carbocycles. The fourth-order valence-electron chi connectivity index (χ4n) is 2.88. The quantitative estimate of drug-likeness (QED) is 0.868. The first kappa shape index (κ1) is 17.0. The molecule has 0 bridgehead atoms. The van der Waals surface area contributed by atoms with Crippen molar-refractivity contribution < 1.29 is 9.59 Å². The molecule has 25 heavy (non-hydrogen) atoms. The van der Waals surface area contributed by atoms with E-state index in [9.17, 15) is 9.59 Å². The predicted octanol–water partition coefficient (Wildman–Crippen LogP) is 2.23. The molecule has 0 saturated carbocycles. The second kappa shape index (κ2) is 7.34. The van der Waals surface area contributed by atoms with Crippen LogP contribution in [-0.2, 0) is 4.79 Å². The van der Waals surface area contributed by atoms with Crippen LogP contribution in [0.5, 0.6) is 0 Å². The number of carbonyl (C=O) groups excluding carboxylic acids is 2. The minimum atomic E-state index is -0.172. The van der Waals surface area contributed by atoms with E-state index >= 15 is 0 Å². The first-order chi connectivity index (χ1) is 12.1. The molecule has 0 spiro atoms. The topological polar surface area (TPSA) is 65.5 Å². The molecule has 1 fully saturated rings. The number of piperazine rings is 1. The zero-order valence-electron chi connectivity index (χ0n) is 14.5. The molecule has 0 unspecified atom stereocenters. The third-order valence-electron chi connectivity index (χ3n) is 4.46. The van der Waals surface area contributed by atoms with Crippen LogP contribution < -0.4 is 10.2 Å². The molecule has 2 amide bonds. The summed E-state index contributed by atoms with van der Waals surface area (Å²) in [5.74, 6) is -0.172. The molecule has 2 aromatic rings. The largest absolute Gasteiger partial charge is 0.367 e. The molecule has 6 nitrogen and oxygen atoms in total. The van der Waals surface area contributed by atoms with Gasteiger partial charge in [0.2, 0.25) is 6.41 Å². The summed E-state index contributed by atoms with van der Waals surface area (Å²) in [4.78, 5) is 31.5. The van der Waals surface area contributed by atoms with Gasteiger partial charge in [-0.05, 0) is 37.1 Å². The third kappa shape index (κ3) is 3.96. The summed E-state index contributed by atoms with van der Waals surface area (Å²) < 4.78 is 0. The lowest BCUT2D eigenvalue weighted by Crippen LogP contribution is -2.45. The minimum Gasteiger partial charge on any atom is -0.367 e. The van der Waals surface area contributed by atoms with Crippen LogP contribution in [0.1, 0.15) is 21.5 Å². The average Bonchev–Trinajstić information content (AvgIpc) is 2.65. The maximum atomic E-state index is 12.6. The van der Waals surface area contributed by atoms with E-state index in [2.05, 4.69) is 15.2 Å². The Hall–Kier alpha value is -2.89. The minimum absolute atomic E-state index is 0.172. The van der Waals surface area contributed by atoms with Crippen molar-refractivity contribution in [1.82, 2.24) is 9.88 Å². The van der Waals surface area contributed by atoms with Crippen molar-refractivity contribution in [2.75, 3.05) is 36.4 Å². The van der Waals surface area contributed by atoms with E-state index in [1.54, 1.807) is 17.3 Å². The average molecular weight is 338 g/mol. The number of nitrogens with zero attached hydrogens (tertiary/aromatic N) is 3. The molecule has 1 aliphatic heterocycles. The number of nitrogens with one attached hydrogen (secondary N) is 1. The summed E-state index contributed by atoms with van der Waals surface area (Å²) >= 11 is 0. The van der Waals surface area contributed by atoms with Gasteiger partial charge >= 0.3 is 0 Å². The number of anilines is 2. The van der Waals surface area contributed by atoms with Crippen LogP contribution in [-0.4, -0.2) is 48.4 Å². The van der Waals surface area contributed by atoms with E-state index in [1.165, 1.54) is 0 Å². The Morgan fingerprint density at radius 1 is 1.12 bits per heavy atom. The smallest absolute Gasteiger partial charge is 0.257 e. The van der Waals surface area contributed by atoms with E-state index in [4.69, 9.17) is 0 Å². The van der Waals surface area contributed by atoms with Crippen LogP contribution in [0.2, 0.25) is 0 Å². The Kier molecular flexibility index (Phi) is 4.97. The molecule has 130 valence electrons. The van der Waals surface area contributed by atoms with Gasteiger partial charge in [0, 0.05) is 38.1 Å². The van der Waals surface area contributed by atoms with Crippen LogP contribution in [0.4, 0.5) is 11.4 Å². The van der Waals surface area contributed by atoms with Gasteiger partial charge in [-0.2, -0.15) is 0 Å². The summed E-state index contributed by atoms with van der Waals surface area (Å²) in [5.41, 5.74) is 4.36. The van der Waals surface area contributed by atoms with Gasteiger partial charge in [0.25, 0.3) is 5.91 Å². The van der Waals surface area contributed by atoms with Crippen LogP contribution in [0, 0.1) is 13.8 Å². The number of hydrogen-bond acceptors (Lipinski definition) is 4. The fraction of sp³-hybridized carbons (Fsp3) is 0.316. The molecule has 1 aromatic heterocycles. The first-order valence-electron chi connectivity index (χ1n) is 8.35. The molecule has 0 atom stereocenters. The number of pyridine rings is 1. The summed E-state index contributed by atoms with van der Waals surface area (Å²) in [6.45, 7) is 6.81. The summed E-state index contributed by atoms with van der Waals surface area (Å²) in [6.07, 6.45) is 4.21. The summed E-state index contributed by atoms with van der Waals surface area (Å²) in [6, 6.07) is 7.82. The Labute approximate surface area is 147 Å². The van der Waals surface area contributed by atoms with E-state index < -0.39 is 0 Å². The predicted molar refractivity (Wildman–Crippen MR) is 98.0 cm³/mol. The number of rotatable bonds is 4. The van der Waals surface area contributed by atoms with Crippen molar-refractivity contribution in [2.45, 2.75) is 13.8 Å². The van der Waals surface area contributed by atoms with E-state index in [0.29, 0.717) is 18.7 Å². The maximum absolute atomic E-state index is 12.6. The second-order valence-corrected chi connectivity index (χ2v) is 6.33. The third-order valence-corrected chi connectivity index (χ3v) is 4.46. The summed E-state index contributed by atoms with van der Waals surface area (Å²) in [5, 5.41) is 2.96. The molecule has 0 radical (unpaired) electrons. The lowest BCUT2D eigenvalue weighted by Gasteiger charge is -2.34. The highest BCUT2D eigenvalue weighted by atomic mass is 16.1.